The zero-order valence-electron chi connectivity index (χ0n) is 18.3. The lowest BCUT2D eigenvalue weighted by molar-refractivity contribution is 0.0327. The van der Waals surface area contributed by atoms with E-state index in [4.69, 9.17) is 18.6 Å². The molecule has 1 aromatic heterocycles. The van der Waals surface area contributed by atoms with E-state index in [1.54, 1.807) is 36.1 Å². The van der Waals surface area contributed by atoms with Gasteiger partial charge in [-0.2, -0.15) is 0 Å². The van der Waals surface area contributed by atoms with Gasteiger partial charge in [0.05, 0.1) is 20.0 Å². The summed E-state index contributed by atoms with van der Waals surface area (Å²) in [5, 5.41) is 10.5. The molecule has 1 amide bonds. The van der Waals surface area contributed by atoms with Crippen LogP contribution in [0.4, 0.5) is 0 Å². The quantitative estimate of drug-likeness (QED) is 0.687. The number of furan rings is 1. The molecule has 0 bridgehead atoms. The first-order valence-electron chi connectivity index (χ1n) is 10.7. The summed E-state index contributed by atoms with van der Waals surface area (Å²) in [6.07, 6.45) is 0.291. The molecule has 172 valence electrons. The number of amides is 1. The Labute approximate surface area is 186 Å². The molecular weight excluding hydrogens is 416 g/mol. The van der Waals surface area contributed by atoms with E-state index in [1.807, 2.05) is 0 Å². The first kappa shape index (κ1) is 22.3. The molecule has 1 fully saturated rings. The molecule has 1 N–H and O–H groups in total. The van der Waals surface area contributed by atoms with Gasteiger partial charge in [-0.15, -0.1) is 0 Å². The summed E-state index contributed by atoms with van der Waals surface area (Å²) in [7, 11) is 1.52. The number of methoxy groups -OCH3 is 1. The third-order valence-electron chi connectivity index (χ3n) is 5.80. The number of hydrogen-bond acceptors (Lipinski definition) is 8. The van der Waals surface area contributed by atoms with Crippen molar-refractivity contribution >= 4 is 11.7 Å². The van der Waals surface area contributed by atoms with Crippen molar-refractivity contribution < 1.29 is 33.3 Å². The molecule has 32 heavy (non-hydrogen) atoms. The summed E-state index contributed by atoms with van der Waals surface area (Å²) in [6.45, 7) is 5.00. The van der Waals surface area contributed by atoms with Crippen molar-refractivity contribution in [3.05, 3.63) is 47.4 Å². The fourth-order valence-electron chi connectivity index (χ4n) is 3.96. The van der Waals surface area contributed by atoms with E-state index in [0.717, 1.165) is 5.56 Å². The van der Waals surface area contributed by atoms with Gasteiger partial charge in [-0.05, 0) is 36.8 Å². The van der Waals surface area contributed by atoms with Crippen LogP contribution in [0.3, 0.4) is 0 Å². The average Bonchev–Trinajstić information content (AvgIpc) is 3.35. The number of ketones is 1. The normalized spacial score (nSPS) is 20.0. The minimum absolute atomic E-state index is 0.0753. The molecule has 0 saturated carbocycles. The average molecular weight is 444 g/mol. The highest BCUT2D eigenvalue weighted by molar-refractivity contribution is 6.01. The monoisotopic (exact) mass is 444 g/mol. The van der Waals surface area contributed by atoms with E-state index < -0.39 is 12.2 Å². The number of aliphatic hydroxyl groups is 1. The van der Waals surface area contributed by atoms with Gasteiger partial charge in [0.25, 0.3) is 5.91 Å². The number of rotatable bonds is 7. The Kier molecular flexibility index (Phi) is 6.78. The van der Waals surface area contributed by atoms with Crippen LogP contribution in [0.15, 0.2) is 34.9 Å². The fourth-order valence-corrected chi connectivity index (χ4v) is 3.96. The van der Waals surface area contributed by atoms with Crippen LogP contribution in [0, 0.1) is 0 Å². The smallest absolute Gasteiger partial charge is 0.289 e. The second kappa shape index (κ2) is 9.72. The van der Waals surface area contributed by atoms with Gasteiger partial charge in [-0.1, -0.05) is 0 Å². The third kappa shape index (κ3) is 4.79. The second-order valence-corrected chi connectivity index (χ2v) is 8.01. The molecule has 2 unspecified atom stereocenters. The number of fused-ring (bicyclic) bond motifs is 1. The van der Waals surface area contributed by atoms with Crippen molar-refractivity contribution in [1.82, 2.24) is 9.80 Å². The van der Waals surface area contributed by atoms with Crippen molar-refractivity contribution in [2.75, 3.05) is 46.4 Å². The lowest BCUT2D eigenvalue weighted by Crippen LogP contribution is -2.50. The number of carbonyl (C=O) groups is 2. The van der Waals surface area contributed by atoms with Crippen LogP contribution >= 0.6 is 0 Å². The number of ether oxygens (including phenoxy) is 3. The summed E-state index contributed by atoms with van der Waals surface area (Å²) in [6, 6.07) is 6.77. The Morgan fingerprint density at radius 2 is 2.03 bits per heavy atom. The number of hydrogen-bond donors (Lipinski definition) is 1. The van der Waals surface area contributed by atoms with E-state index >= 15 is 0 Å². The van der Waals surface area contributed by atoms with Crippen LogP contribution in [-0.4, -0.2) is 85.2 Å². The van der Waals surface area contributed by atoms with Gasteiger partial charge in [0.1, 0.15) is 18.8 Å². The molecule has 1 saturated heterocycles. The van der Waals surface area contributed by atoms with E-state index in [1.165, 1.54) is 13.4 Å². The number of piperazine rings is 1. The first-order chi connectivity index (χ1) is 15.5. The predicted octanol–water partition coefficient (Wildman–Crippen LogP) is 1.59. The molecule has 2 aromatic rings. The summed E-state index contributed by atoms with van der Waals surface area (Å²) >= 11 is 0. The Balaban J connectivity index is 1.29. The van der Waals surface area contributed by atoms with E-state index in [-0.39, 0.29) is 18.3 Å². The van der Waals surface area contributed by atoms with Gasteiger partial charge in [0, 0.05) is 38.3 Å². The first-order valence-corrected chi connectivity index (χ1v) is 10.7. The second-order valence-electron chi connectivity index (χ2n) is 8.01. The topological polar surface area (TPSA) is 102 Å². The van der Waals surface area contributed by atoms with Crippen molar-refractivity contribution in [3.8, 4) is 11.5 Å². The van der Waals surface area contributed by atoms with Crippen molar-refractivity contribution in [2.45, 2.75) is 25.7 Å². The fraction of sp³-hybridized carbons (Fsp3) is 0.478. The van der Waals surface area contributed by atoms with Crippen molar-refractivity contribution in [3.63, 3.8) is 0 Å². The number of carbonyl (C=O) groups excluding carboxylic acids is 2. The van der Waals surface area contributed by atoms with Gasteiger partial charge < -0.3 is 28.6 Å². The van der Waals surface area contributed by atoms with Crippen LogP contribution in [0.5, 0.6) is 11.5 Å². The Morgan fingerprint density at radius 1 is 1.25 bits per heavy atom. The number of Topliss-reactive ketones (excluding diaryl/α,β-unsaturated/α-hetero) is 1. The van der Waals surface area contributed by atoms with Crippen LogP contribution in [-0.2, 0) is 11.3 Å². The van der Waals surface area contributed by atoms with E-state index in [2.05, 4.69) is 4.90 Å². The molecule has 0 radical (unpaired) electrons. The number of aliphatic hydroxyl groups excluding tert-OH is 1. The predicted molar refractivity (Wildman–Crippen MR) is 114 cm³/mol. The molecule has 0 aliphatic carbocycles. The Bertz CT molecular complexity index is 952. The summed E-state index contributed by atoms with van der Waals surface area (Å²) in [4.78, 5) is 28.5. The highest BCUT2D eigenvalue weighted by Gasteiger charge is 2.28. The highest BCUT2D eigenvalue weighted by atomic mass is 16.5. The van der Waals surface area contributed by atoms with Gasteiger partial charge >= 0.3 is 0 Å². The van der Waals surface area contributed by atoms with Crippen LogP contribution < -0.4 is 9.47 Å². The summed E-state index contributed by atoms with van der Waals surface area (Å²) < 4.78 is 21.9. The molecule has 2 aliphatic rings. The van der Waals surface area contributed by atoms with Crippen molar-refractivity contribution in [2.24, 2.45) is 0 Å². The maximum Gasteiger partial charge on any atom is 0.289 e. The van der Waals surface area contributed by atoms with E-state index in [9.17, 15) is 14.7 Å². The number of β-amino-alcohol motifs (C(OH)–C–C–N with tert-alkyl or cyclic N) is 1. The maximum absolute atomic E-state index is 12.4. The van der Waals surface area contributed by atoms with Crippen LogP contribution in [0.2, 0.25) is 0 Å². The van der Waals surface area contributed by atoms with Crippen LogP contribution in [0.1, 0.15) is 33.4 Å². The minimum atomic E-state index is -0.721. The number of nitrogens with zero attached hydrogens (tertiary/aromatic N) is 2. The van der Waals surface area contributed by atoms with Crippen molar-refractivity contribution in [1.29, 1.82) is 0 Å². The third-order valence-corrected chi connectivity index (χ3v) is 5.80. The zero-order valence-corrected chi connectivity index (χ0v) is 18.3. The molecule has 3 heterocycles. The lowest BCUT2D eigenvalue weighted by Gasteiger charge is -2.35. The maximum atomic E-state index is 12.4. The molecule has 1 aromatic carbocycles. The summed E-state index contributed by atoms with van der Waals surface area (Å²) in [5.74, 6) is 1.05. The van der Waals surface area contributed by atoms with Crippen LogP contribution in [0.25, 0.3) is 0 Å². The molecule has 2 atom stereocenters. The number of benzene rings is 1. The van der Waals surface area contributed by atoms with Gasteiger partial charge in [-0.3, -0.25) is 14.5 Å². The molecule has 0 spiro atoms. The molecule has 4 rings (SSSR count). The molecular formula is C23H28N2O7. The van der Waals surface area contributed by atoms with Gasteiger partial charge in [0.2, 0.25) is 0 Å². The zero-order chi connectivity index (χ0) is 22.7. The molecule has 2 aliphatic heterocycles. The molecule has 9 nitrogen and oxygen atoms in total. The Hall–Kier alpha value is -2.88. The standard InChI is InChI=1S/C23H28N2O7/c1-15-22(27)18-11-20(29-2)21(10-16(18)13-31-15)32-14-17(26)12-24-5-7-25(8-6-24)23(28)19-4-3-9-30-19/h3-4,9-11,15,17,26H,5-8,12-14H2,1-2H3. The Morgan fingerprint density at radius 3 is 2.72 bits per heavy atom. The highest BCUT2D eigenvalue weighted by Crippen LogP contribution is 2.34. The minimum Gasteiger partial charge on any atom is -0.493 e. The van der Waals surface area contributed by atoms with E-state index in [0.29, 0.717) is 62.2 Å². The SMILES string of the molecule is COc1cc2c(cc1OCC(O)CN1CCN(C(=O)c3ccco3)CC1)COC(C)C2=O. The molecule has 9 heteroatoms. The summed E-state index contributed by atoms with van der Waals surface area (Å²) in [5.41, 5.74) is 1.33. The largest absolute Gasteiger partial charge is 0.493 e. The van der Waals surface area contributed by atoms with Gasteiger partial charge in [-0.25, -0.2) is 0 Å². The van der Waals surface area contributed by atoms with Gasteiger partial charge in [0.15, 0.2) is 23.0 Å². The lowest BCUT2D eigenvalue weighted by atomic mass is 9.97.